The summed E-state index contributed by atoms with van der Waals surface area (Å²) in [6, 6.07) is -0.189. The number of morpholine rings is 1. The Morgan fingerprint density at radius 1 is 1.29 bits per heavy atom. The fraction of sp³-hybridized carbons (Fsp3) is 0.667. The van der Waals surface area contributed by atoms with Gasteiger partial charge in [0.25, 0.3) is 0 Å². The Hall–Kier alpha value is -1.66. The van der Waals surface area contributed by atoms with E-state index in [1.807, 2.05) is 20.8 Å². The first kappa shape index (κ1) is 18.7. The highest BCUT2D eigenvalue weighted by molar-refractivity contribution is 6.03. The van der Waals surface area contributed by atoms with Crippen molar-refractivity contribution in [1.82, 2.24) is 4.98 Å². The zero-order valence-electron chi connectivity index (χ0n) is 15.5. The number of hydrogen-bond acceptors (Lipinski definition) is 4. The summed E-state index contributed by atoms with van der Waals surface area (Å²) < 4.78 is 10.9. The predicted molar refractivity (Wildman–Crippen MR) is 90.7 cm³/mol. The SMILES string of the molecule is CCOC(=O)c1c(C)[nH]c(C(=O)[C@H](C)[NH+]2C[C@@H](C)O[C@H](C)C2)c1C. The Kier molecular flexibility index (Phi) is 5.83. The summed E-state index contributed by atoms with van der Waals surface area (Å²) in [5, 5.41) is 0. The van der Waals surface area contributed by atoms with E-state index in [0.717, 1.165) is 13.1 Å². The van der Waals surface area contributed by atoms with E-state index in [1.165, 1.54) is 4.90 Å². The lowest BCUT2D eigenvalue weighted by molar-refractivity contribution is -0.928. The van der Waals surface area contributed by atoms with Gasteiger partial charge in [-0.15, -0.1) is 0 Å². The maximum atomic E-state index is 13.0. The highest BCUT2D eigenvalue weighted by Gasteiger charge is 2.35. The summed E-state index contributed by atoms with van der Waals surface area (Å²) in [5.74, 6) is -0.348. The molecule has 1 aliphatic rings. The van der Waals surface area contributed by atoms with Crippen molar-refractivity contribution in [1.29, 1.82) is 0 Å². The minimum atomic E-state index is -0.378. The van der Waals surface area contributed by atoms with Crippen LogP contribution in [0.4, 0.5) is 0 Å². The summed E-state index contributed by atoms with van der Waals surface area (Å²) in [4.78, 5) is 29.4. The molecule has 0 unspecified atom stereocenters. The van der Waals surface area contributed by atoms with Crippen LogP contribution in [-0.2, 0) is 9.47 Å². The average Bonchev–Trinajstić information content (AvgIpc) is 2.80. The van der Waals surface area contributed by atoms with E-state index >= 15 is 0 Å². The van der Waals surface area contributed by atoms with Crippen LogP contribution in [0.15, 0.2) is 0 Å². The van der Waals surface area contributed by atoms with Gasteiger partial charge in [-0.05, 0) is 47.1 Å². The van der Waals surface area contributed by atoms with Crippen molar-refractivity contribution < 1.29 is 24.0 Å². The topological polar surface area (TPSA) is 72.8 Å². The number of quaternary nitrogens is 1. The molecule has 1 aromatic rings. The number of esters is 1. The summed E-state index contributed by atoms with van der Waals surface area (Å²) in [5.41, 5.74) is 2.35. The molecule has 0 radical (unpaired) electrons. The van der Waals surface area contributed by atoms with Crippen molar-refractivity contribution in [2.24, 2.45) is 0 Å². The molecular weight excluding hydrogens is 308 g/mol. The van der Waals surface area contributed by atoms with Crippen molar-refractivity contribution in [3.63, 3.8) is 0 Å². The molecule has 0 aromatic carbocycles. The van der Waals surface area contributed by atoms with Crippen LogP contribution in [0, 0.1) is 13.8 Å². The molecule has 1 aromatic heterocycles. The maximum Gasteiger partial charge on any atom is 0.340 e. The van der Waals surface area contributed by atoms with Crippen LogP contribution >= 0.6 is 0 Å². The van der Waals surface area contributed by atoms with Gasteiger partial charge in [0.2, 0.25) is 5.78 Å². The quantitative estimate of drug-likeness (QED) is 0.623. The molecule has 1 fully saturated rings. The van der Waals surface area contributed by atoms with Gasteiger partial charge in [-0.3, -0.25) is 4.79 Å². The molecular formula is C18H29N2O4+. The molecule has 0 bridgehead atoms. The van der Waals surface area contributed by atoms with E-state index in [2.05, 4.69) is 4.98 Å². The number of aromatic amines is 1. The van der Waals surface area contributed by atoms with Crippen LogP contribution in [0.3, 0.4) is 0 Å². The van der Waals surface area contributed by atoms with E-state index in [0.29, 0.717) is 29.1 Å². The van der Waals surface area contributed by atoms with Crippen molar-refractivity contribution >= 4 is 11.8 Å². The number of aromatic nitrogens is 1. The number of ether oxygens (including phenoxy) is 2. The molecule has 1 aliphatic heterocycles. The van der Waals surface area contributed by atoms with Gasteiger partial charge in [-0.1, -0.05) is 0 Å². The summed E-state index contributed by atoms with van der Waals surface area (Å²) in [6.07, 6.45) is 0.279. The van der Waals surface area contributed by atoms with Crippen LogP contribution in [0.1, 0.15) is 59.8 Å². The molecule has 2 N–H and O–H groups in total. The van der Waals surface area contributed by atoms with E-state index in [9.17, 15) is 9.59 Å². The van der Waals surface area contributed by atoms with Crippen LogP contribution < -0.4 is 4.90 Å². The van der Waals surface area contributed by atoms with Gasteiger partial charge in [-0.2, -0.15) is 0 Å². The Balaban J connectivity index is 2.23. The monoisotopic (exact) mass is 337 g/mol. The first-order chi connectivity index (χ1) is 11.3. The standard InChI is InChI=1S/C18H28N2O4/c1-7-23-18(22)15-12(4)16(19-13(15)5)17(21)14(6)20-8-10(2)24-11(3)9-20/h10-11,14,19H,7-9H2,1-6H3/p+1/t10-,11-,14+/m1/s1. The largest absolute Gasteiger partial charge is 0.462 e. The molecule has 6 heteroatoms. The zero-order valence-corrected chi connectivity index (χ0v) is 15.5. The minimum Gasteiger partial charge on any atom is -0.462 e. The Morgan fingerprint density at radius 2 is 1.88 bits per heavy atom. The Labute approximate surface area is 143 Å². The highest BCUT2D eigenvalue weighted by atomic mass is 16.5. The average molecular weight is 337 g/mol. The van der Waals surface area contributed by atoms with E-state index in [1.54, 1.807) is 20.8 Å². The molecule has 1 saturated heterocycles. The van der Waals surface area contributed by atoms with Gasteiger partial charge in [0.05, 0.1) is 17.9 Å². The van der Waals surface area contributed by atoms with Gasteiger partial charge in [0.1, 0.15) is 25.3 Å². The van der Waals surface area contributed by atoms with Crippen molar-refractivity contribution in [3.05, 3.63) is 22.5 Å². The molecule has 0 amide bonds. The zero-order chi connectivity index (χ0) is 18.0. The number of carbonyl (C=O) groups is 2. The maximum absolute atomic E-state index is 13.0. The number of Topliss-reactive ketones (excluding diaryl/α,β-unsaturated/α-hetero) is 1. The van der Waals surface area contributed by atoms with Crippen LogP contribution in [0.5, 0.6) is 0 Å². The number of ketones is 1. The molecule has 6 nitrogen and oxygen atoms in total. The molecule has 134 valence electrons. The Morgan fingerprint density at radius 3 is 2.42 bits per heavy atom. The van der Waals surface area contributed by atoms with Crippen molar-refractivity contribution in [2.45, 2.75) is 59.8 Å². The first-order valence-corrected chi connectivity index (χ1v) is 8.66. The molecule has 2 heterocycles. The van der Waals surface area contributed by atoms with Crippen LogP contribution in [0.25, 0.3) is 0 Å². The number of rotatable bonds is 5. The van der Waals surface area contributed by atoms with E-state index < -0.39 is 0 Å². The predicted octanol–water partition coefficient (Wildman–Crippen LogP) is 1.07. The van der Waals surface area contributed by atoms with Gasteiger partial charge in [-0.25, -0.2) is 4.79 Å². The summed E-state index contributed by atoms with van der Waals surface area (Å²) in [7, 11) is 0. The molecule has 0 aliphatic carbocycles. The summed E-state index contributed by atoms with van der Waals surface area (Å²) >= 11 is 0. The van der Waals surface area contributed by atoms with E-state index in [-0.39, 0.29) is 30.0 Å². The minimum absolute atomic E-state index is 0.0300. The summed E-state index contributed by atoms with van der Waals surface area (Å²) in [6.45, 7) is 13.3. The number of nitrogens with one attached hydrogen (secondary N) is 2. The molecule has 3 atom stereocenters. The van der Waals surface area contributed by atoms with Crippen molar-refractivity contribution in [3.8, 4) is 0 Å². The third-order valence-electron chi connectivity index (χ3n) is 4.73. The normalized spacial score (nSPS) is 25.3. The number of aryl methyl sites for hydroxylation is 1. The second kappa shape index (κ2) is 7.49. The van der Waals surface area contributed by atoms with Gasteiger partial charge >= 0.3 is 5.97 Å². The number of hydrogen-bond donors (Lipinski definition) is 2. The first-order valence-electron chi connectivity index (χ1n) is 8.66. The number of H-pyrrole nitrogens is 1. The van der Waals surface area contributed by atoms with Crippen LogP contribution in [0.2, 0.25) is 0 Å². The van der Waals surface area contributed by atoms with Crippen LogP contribution in [-0.4, -0.2) is 54.7 Å². The fourth-order valence-electron chi connectivity index (χ4n) is 3.58. The third kappa shape index (κ3) is 3.70. The fourth-order valence-corrected chi connectivity index (χ4v) is 3.58. The Bertz CT molecular complexity index is 613. The number of carbonyl (C=O) groups excluding carboxylic acids is 2. The van der Waals surface area contributed by atoms with Crippen molar-refractivity contribution in [2.75, 3.05) is 19.7 Å². The van der Waals surface area contributed by atoms with Gasteiger partial charge in [0, 0.05) is 5.69 Å². The second-order valence-electron chi connectivity index (χ2n) is 6.76. The molecule has 2 rings (SSSR count). The molecule has 0 saturated carbocycles. The highest BCUT2D eigenvalue weighted by Crippen LogP contribution is 2.20. The van der Waals surface area contributed by atoms with E-state index in [4.69, 9.17) is 9.47 Å². The lowest BCUT2D eigenvalue weighted by Crippen LogP contribution is -3.19. The lowest BCUT2D eigenvalue weighted by Gasteiger charge is -2.35. The molecule has 0 spiro atoms. The van der Waals surface area contributed by atoms with Gasteiger partial charge < -0.3 is 19.4 Å². The van der Waals surface area contributed by atoms with Gasteiger partial charge in [0.15, 0.2) is 6.04 Å². The second-order valence-corrected chi connectivity index (χ2v) is 6.76. The lowest BCUT2D eigenvalue weighted by atomic mass is 10.0. The molecule has 24 heavy (non-hydrogen) atoms. The smallest absolute Gasteiger partial charge is 0.340 e. The third-order valence-corrected chi connectivity index (χ3v) is 4.73.